The molecule has 1 heterocycles. The van der Waals surface area contributed by atoms with Gasteiger partial charge in [0.1, 0.15) is 48.3 Å². The summed E-state index contributed by atoms with van der Waals surface area (Å²) in [6.45, 7) is 10.1. The molecule has 0 radical (unpaired) electrons. The number of unbranched alkanes of at least 4 members (excludes halogenated alkanes) is 1. The lowest BCUT2D eigenvalue weighted by Gasteiger charge is -2.31. The van der Waals surface area contributed by atoms with Gasteiger partial charge < -0.3 is 80.8 Å². The van der Waals surface area contributed by atoms with Crippen LogP contribution < -0.4 is 70.8 Å². The smallest absolute Gasteiger partial charge is 0.245 e. The molecule has 1 aliphatic heterocycles. The van der Waals surface area contributed by atoms with E-state index in [1.807, 2.05) is 0 Å². The van der Waals surface area contributed by atoms with Crippen molar-refractivity contribution in [2.75, 3.05) is 26.2 Å². The first kappa shape index (κ1) is 64.9. The Kier molecular flexibility index (Phi) is 29.4. The number of aliphatic hydroxyl groups excluding tert-OH is 1. The zero-order chi connectivity index (χ0) is 56.2. The van der Waals surface area contributed by atoms with Crippen LogP contribution in [0.15, 0.2) is 4.99 Å². The van der Waals surface area contributed by atoms with E-state index >= 15 is 0 Å². The van der Waals surface area contributed by atoms with E-state index in [-0.39, 0.29) is 82.9 Å². The van der Waals surface area contributed by atoms with Crippen LogP contribution in [0, 0.1) is 5.92 Å². The SMILES string of the molecule is CCC[C@H](NC(=O)[C@@H](NC(=O)[C@@H](NC(=O)[C@H](CCC(N)=O)NC(=O)CNC(C)=O)[C@@H](C)CC)[C@@H](C)O)C(=O)N[C@@H](CCCCNC(C)=O)C(=O)N[C@@H](CCCN=C(N)N)C(=O)N1CCC[C@H]1C(=O)N[C@H](C)C(N)=O. The first-order chi connectivity index (χ1) is 34.7. The number of aliphatic imine (C=N–C) groups is 1. The zero-order valence-electron chi connectivity index (χ0n) is 43.6. The van der Waals surface area contributed by atoms with Crippen LogP contribution in [0.4, 0.5) is 0 Å². The Morgan fingerprint density at radius 2 is 1.18 bits per heavy atom. The van der Waals surface area contributed by atoms with Crippen LogP contribution in [0.3, 0.4) is 0 Å². The molecular weight excluding hydrogens is 971 g/mol. The third kappa shape index (κ3) is 24.1. The van der Waals surface area contributed by atoms with E-state index in [1.54, 1.807) is 20.8 Å². The average Bonchev–Trinajstić information content (AvgIpc) is 3.82. The van der Waals surface area contributed by atoms with Gasteiger partial charge in [-0.25, -0.2) is 0 Å². The summed E-state index contributed by atoms with van der Waals surface area (Å²) in [5.41, 5.74) is 21.6. The quantitative estimate of drug-likeness (QED) is 0.0163. The largest absolute Gasteiger partial charge is 0.391 e. The van der Waals surface area contributed by atoms with E-state index in [1.165, 1.54) is 32.6 Å². The van der Waals surface area contributed by atoms with Gasteiger partial charge in [-0.3, -0.25) is 62.5 Å². The molecule has 28 nitrogen and oxygen atoms in total. The lowest BCUT2D eigenvalue weighted by Crippen LogP contribution is -2.62. The maximum atomic E-state index is 14.3. The standard InChI is InChI=1S/C46H81N15O13/c1-8-14-29(57-44(73)37(26(5)62)60-43(72)36(24(3)9-2)59-41(70)31(18-19-34(47)65)55-35(66)23-53-28(7)64)39(68)56-30(15-10-11-20-51-27(6)63)40(69)58-32(16-12-21-52-46(49)50)45(74)61-22-13-17-33(61)42(71)54-25(4)38(48)67/h24-26,29-33,36-37,62H,8-23H2,1-7H3,(H2,47,65)(H2,48,67)(H,51,63)(H,53,64)(H,54,71)(H,55,66)(H,56,68)(H,57,73)(H,58,69)(H,59,70)(H,60,72)(H4,49,50,52)/t24-,25+,26+,29-,30-,31-,32-,33-,36-,37-/m0/s1. The Morgan fingerprint density at radius 3 is 1.73 bits per heavy atom. The Labute approximate surface area is 431 Å². The Morgan fingerprint density at radius 1 is 0.635 bits per heavy atom. The number of guanidine groups is 1. The monoisotopic (exact) mass is 1050 g/mol. The topological polar surface area (TPSA) is 453 Å². The summed E-state index contributed by atoms with van der Waals surface area (Å²) >= 11 is 0. The van der Waals surface area contributed by atoms with E-state index in [2.05, 4.69) is 52.8 Å². The number of nitrogens with one attached hydrogen (secondary N) is 9. The van der Waals surface area contributed by atoms with Crippen molar-refractivity contribution in [1.29, 1.82) is 0 Å². The van der Waals surface area contributed by atoms with Gasteiger partial charge in [0, 0.05) is 39.9 Å². The molecule has 1 saturated heterocycles. The van der Waals surface area contributed by atoms with Crippen LogP contribution in [-0.2, 0) is 57.5 Å². The van der Waals surface area contributed by atoms with E-state index in [0.717, 1.165) is 0 Å². The molecular formula is C46H81N15O13. The number of primary amides is 2. The van der Waals surface area contributed by atoms with Crippen LogP contribution in [0.25, 0.3) is 0 Å². The predicted molar refractivity (Wildman–Crippen MR) is 269 cm³/mol. The van der Waals surface area contributed by atoms with Crippen molar-refractivity contribution < 1.29 is 62.6 Å². The molecule has 1 fully saturated rings. The van der Waals surface area contributed by atoms with Crippen LogP contribution >= 0.6 is 0 Å². The van der Waals surface area contributed by atoms with Gasteiger partial charge in [-0.05, 0) is 77.6 Å². The summed E-state index contributed by atoms with van der Waals surface area (Å²) < 4.78 is 0. The van der Waals surface area contributed by atoms with Gasteiger partial charge in [0.15, 0.2) is 5.96 Å². The van der Waals surface area contributed by atoms with Gasteiger partial charge in [0.25, 0.3) is 0 Å². The Balaban J connectivity index is 3.49. The van der Waals surface area contributed by atoms with Crippen molar-refractivity contribution in [3.05, 3.63) is 0 Å². The van der Waals surface area contributed by atoms with Crippen LogP contribution in [0.2, 0.25) is 0 Å². The maximum absolute atomic E-state index is 14.3. The highest BCUT2D eigenvalue weighted by molar-refractivity contribution is 5.98. The minimum absolute atomic E-state index is 0.000492. The summed E-state index contributed by atoms with van der Waals surface area (Å²) in [5, 5.41) is 33.6. The molecule has 10 atom stereocenters. The molecule has 74 heavy (non-hydrogen) atoms. The fourth-order valence-corrected chi connectivity index (χ4v) is 7.62. The minimum atomic E-state index is -1.71. The van der Waals surface area contributed by atoms with Crippen molar-refractivity contribution in [3.8, 4) is 0 Å². The number of carbonyl (C=O) groups excluding carboxylic acids is 12. The van der Waals surface area contributed by atoms with Crippen LogP contribution in [0.1, 0.15) is 126 Å². The Bertz CT molecular complexity index is 2000. The molecule has 28 heteroatoms. The van der Waals surface area contributed by atoms with E-state index in [4.69, 9.17) is 22.9 Å². The lowest BCUT2D eigenvalue weighted by atomic mass is 9.96. The highest BCUT2D eigenvalue weighted by atomic mass is 16.3. The van der Waals surface area contributed by atoms with Crippen LogP contribution in [-0.4, -0.2) is 167 Å². The van der Waals surface area contributed by atoms with Crippen molar-refractivity contribution in [1.82, 2.24) is 52.8 Å². The van der Waals surface area contributed by atoms with Gasteiger partial charge in [-0.15, -0.1) is 0 Å². The highest BCUT2D eigenvalue weighted by Gasteiger charge is 2.40. The number of amides is 12. The molecule has 418 valence electrons. The zero-order valence-corrected chi connectivity index (χ0v) is 43.6. The first-order valence-electron chi connectivity index (χ1n) is 25.0. The van der Waals surface area contributed by atoms with Crippen molar-refractivity contribution in [2.24, 2.45) is 33.8 Å². The molecule has 0 aromatic carbocycles. The molecule has 0 unspecified atom stereocenters. The van der Waals surface area contributed by atoms with E-state index in [9.17, 15) is 62.6 Å². The fourth-order valence-electron chi connectivity index (χ4n) is 7.62. The number of aliphatic hydroxyl groups is 1. The molecule has 0 spiro atoms. The fraction of sp³-hybridized carbons (Fsp3) is 0.717. The summed E-state index contributed by atoms with van der Waals surface area (Å²) in [6.07, 6.45) is -0.0478. The Hall–Kier alpha value is -7.13. The van der Waals surface area contributed by atoms with Gasteiger partial charge in [-0.1, -0.05) is 33.6 Å². The second-order valence-corrected chi connectivity index (χ2v) is 18.4. The summed E-state index contributed by atoms with van der Waals surface area (Å²) in [5.74, 6) is -9.70. The molecule has 0 aromatic rings. The number of hydrogen-bond acceptors (Lipinski definition) is 14. The number of hydrogen-bond donors (Lipinski definition) is 14. The number of likely N-dealkylation sites (tertiary alicyclic amines) is 1. The third-order valence-electron chi connectivity index (χ3n) is 12.0. The first-order valence-corrected chi connectivity index (χ1v) is 25.0. The normalized spacial score (nSPS) is 16.6. The van der Waals surface area contributed by atoms with Gasteiger partial charge in [0.05, 0.1) is 12.6 Å². The molecule has 1 aliphatic rings. The molecule has 12 amide bonds. The summed E-state index contributed by atoms with van der Waals surface area (Å²) in [4.78, 5) is 161. The third-order valence-corrected chi connectivity index (χ3v) is 12.0. The molecule has 0 bridgehead atoms. The minimum Gasteiger partial charge on any atom is -0.391 e. The number of nitrogens with zero attached hydrogens (tertiary/aromatic N) is 2. The van der Waals surface area contributed by atoms with Crippen molar-refractivity contribution in [3.63, 3.8) is 0 Å². The van der Waals surface area contributed by atoms with Crippen molar-refractivity contribution >= 4 is 76.8 Å². The maximum Gasteiger partial charge on any atom is 0.245 e. The average molecular weight is 1050 g/mol. The van der Waals surface area contributed by atoms with E-state index in [0.29, 0.717) is 25.7 Å². The molecule has 0 aliphatic carbocycles. The second-order valence-electron chi connectivity index (χ2n) is 18.4. The number of rotatable bonds is 34. The van der Waals surface area contributed by atoms with Gasteiger partial charge in [-0.2, -0.15) is 0 Å². The van der Waals surface area contributed by atoms with Crippen LogP contribution in [0.5, 0.6) is 0 Å². The van der Waals surface area contributed by atoms with Crippen molar-refractivity contribution in [2.45, 2.75) is 180 Å². The molecule has 1 rings (SSSR count). The van der Waals surface area contributed by atoms with Gasteiger partial charge in [0.2, 0.25) is 70.9 Å². The van der Waals surface area contributed by atoms with Gasteiger partial charge >= 0.3 is 0 Å². The number of nitrogens with two attached hydrogens (primary N) is 4. The lowest BCUT2D eigenvalue weighted by molar-refractivity contribution is -0.142. The molecule has 0 aromatic heterocycles. The summed E-state index contributed by atoms with van der Waals surface area (Å²) in [6, 6.07) is -10.5. The van der Waals surface area contributed by atoms with E-state index < -0.39 is 132 Å². The summed E-state index contributed by atoms with van der Waals surface area (Å²) in [7, 11) is 0. The second kappa shape index (κ2) is 33.6. The number of carbonyl (C=O) groups is 12. The highest BCUT2D eigenvalue weighted by Crippen LogP contribution is 2.21. The predicted octanol–water partition coefficient (Wildman–Crippen LogP) is -5.14. The molecule has 0 saturated carbocycles. The molecule has 18 N–H and O–H groups in total.